The summed E-state index contributed by atoms with van der Waals surface area (Å²) < 4.78 is 5.31. The van der Waals surface area contributed by atoms with E-state index in [1.807, 2.05) is 24.3 Å². The van der Waals surface area contributed by atoms with Crippen LogP contribution in [0.15, 0.2) is 41.4 Å². The molecule has 0 saturated heterocycles. The Morgan fingerprint density at radius 1 is 1.17 bits per heavy atom. The number of aliphatic hydroxyl groups is 2. The summed E-state index contributed by atoms with van der Waals surface area (Å²) in [6, 6.07) is 7.65. The molecule has 1 aromatic rings. The van der Waals surface area contributed by atoms with Crippen molar-refractivity contribution in [3.8, 4) is 0 Å². The standard InChI is InChI=1S/C18H23NO4/c1-4-19(9-10-23-11-12(2)20)15-7-5-14(6-8-15)16-17(21)13(3)18(16)22/h5-8,21-22H,4,9-11H2,1-3H3. The molecule has 0 aromatic heterocycles. The molecule has 0 aliphatic heterocycles. The van der Waals surface area contributed by atoms with Crippen LogP contribution in [0.4, 0.5) is 5.69 Å². The number of carbonyl (C=O) groups excluding carboxylic acids is 1. The SMILES string of the molecule is CCN(CCOCC(C)=O)c1ccc(C2=C(O)C(C)=C2O)cc1. The van der Waals surface area contributed by atoms with E-state index in [1.165, 1.54) is 6.92 Å². The highest BCUT2D eigenvalue weighted by Crippen LogP contribution is 2.38. The molecule has 1 aliphatic carbocycles. The molecule has 23 heavy (non-hydrogen) atoms. The second kappa shape index (κ2) is 7.33. The smallest absolute Gasteiger partial charge is 0.155 e. The number of likely N-dealkylation sites (N-methyl/N-ethyl adjacent to an activating group) is 1. The fourth-order valence-electron chi connectivity index (χ4n) is 2.51. The molecular weight excluding hydrogens is 294 g/mol. The van der Waals surface area contributed by atoms with E-state index < -0.39 is 0 Å². The van der Waals surface area contributed by atoms with E-state index in [0.717, 1.165) is 17.8 Å². The van der Waals surface area contributed by atoms with E-state index in [1.54, 1.807) is 6.92 Å². The number of hydrogen-bond acceptors (Lipinski definition) is 5. The Bertz CT molecular complexity index is 643. The van der Waals surface area contributed by atoms with Gasteiger partial charge in [-0.05, 0) is 38.5 Å². The third kappa shape index (κ3) is 3.74. The lowest BCUT2D eigenvalue weighted by molar-refractivity contribution is -0.121. The molecule has 5 nitrogen and oxygen atoms in total. The molecule has 0 saturated carbocycles. The maximum absolute atomic E-state index is 10.9. The second-order valence-corrected chi connectivity index (χ2v) is 5.58. The zero-order valence-electron chi connectivity index (χ0n) is 13.8. The van der Waals surface area contributed by atoms with E-state index in [-0.39, 0.29) is 23.9 Å². The second-order valence-electron chi connectivity index (χ2n) is 5.58. The molecule has 124 valence electrons. The normalized spacial score (nSPS) is 14.0. The maximum Gasteiger partial charge on any atom is 0.155 e. The van der Waals surface area contributed by atoms with Gasteiger partial charge >= 0.3 is 0 Å². The van der Waals surface area contributed by atoms with Crippen LogP contribution < -0.4 is 4.90 Å². The lowest BCUT2D eigenvalue weighted by Gasteiger charge is -2.24. The molecule has 0 atom stereocenters. The number of aliphatic hydroxyl groups excluding tert-OH is 2. The van der Waals surface area contributed by atoms with E-state index in [2.05, 4.69) is 11.8 Å². The van der Waals surface area contributed by atoms with Crippen molar-refractivity contribution in [3.63, 3.8) is 0 Å². The van der Waals surface area contributed by atoms with Crippen molar-refractivity contribution in [2.24, 2.45) is 0 Å². The van der Waals surface area contributed by atoms with Gasteiger partial charge in [0.1, 0.15) is 18.1 Å². The van der Waals surface area contributed by atoms with Gasteiger partial charge in [0, 0.05) is 24.4 Å². The number of carbonyl (C=O) groups is 1. The number of rotatable bonds is 8. The van der Waals surface area contributed by atoms with Gasteiger partial charge in [0.05, 0.1) is 12.2 Å². The van der Waals surface area contributed by atoms with E-state index in [4.69, 9.17) is 4.74 Å². The predicted octanol–water partition coefficient (Wildman–Crippen LogP) is 3.23. The first-order chi connectivity index (χ1) is 11.0. The molecule has 0 spiro atoms. The van der Waals surface area contributed by atoms with Crippen LogP contribution >= 0.6 is 0 Å². The van der Waals surface area contributed by atoms with Crippen molar-refractivity contribution < 1.29 is 19.7 Å². The van der Waals surface area contributed by atoms with E-state index in [0.29, 0.717) is 24.3 Å². The van der Waals surface area contributed by atoms with Gasteiger partial charge in [0.2, 0.25) is 0 Å². The lowest BCUT2D eigenvalue weighted by Crippen LogP contribution is -2.27. The van der Waals surface area contributed by atoms with Gasteiger partial charge in [-0.2, -0.15) is 0 Å². The highest BCUT2D eigenvalue weighted by molar-refractivity contribution is 5.89. The summed E-state index contributed by atoms with van der Waals surface area (Å²) in [4.78, 5) is 13.0. The Labute approximate surface area is 136 Å². The monoisotopic (exact) mass is 317 g/mol. The third-order valence-corrected chi connectivity index (χ3v) is 3.90. The molecule has 2 N–H and O–H groups in total. The van der Waals surface area contributed by atoms with Gasteiger partial charge in [-0.15, -0.1) is 0 Å². The molecule has 0 amide bonds. The summed E-state index contributed by atoms with van der Waals surface area (Å²) >= 11 is 0. The van der Waals surface area contributed by atoms with Crippen molar-refractivity contribution in [1.82, 2.24) is 0 Å². The van der Waals surface area contributed by atoms with E-state index in [9.17, 15) is 15.0 Å². The fraction of sp³-hybridized carbons (Fsp3) is 0.389. The first-order valence-electron chi connectivity index (χ1n) is 7.72. The molecule has 0 unspecified atom stereocenters. The van der Waals surface area contributed by atoms with Crippen LogP contribution in [0.2, 0.25) is 0 Å². The average molecular weight is 317 g/mol. The van der Waals surface area contributed by atoms with Crippen molar-refractivity contribution in [2.45, 2.75) is 20.8 Å². The summed E-state index contributed by atoms with van der Waals surface area (Å²) in [5.74, 6) is 0.328. The lowest BCUT2D eigenvalue weighted by atomic mass is 9.89. The Morgan fingerprint density at radius 2 is 1.83 bits per heavy atom. The summed E-state index contributed by atoms with van der Waals surface area (Å²) in [6.07, 6.45) is 0. The number of ketones is 1. The first kappa shape index (κ1) is 17.1. The zero-order chi connectivity index (χ0) is 17.0. The van der Waals surface area contributed by atoms with Gasteiger partial charge in [-0.1, -0.05) is 12.1 Å². The highest BCUT2D eigenvalue weighted by Gasteiger charge is 2.26. The fourth-order valence-corrected chi connectivity index (χ4v) is 2.51. The van der Waals surface area contributed by atoms with Crippen LogP contribution in [0, 0.1) is 0 Å². The number of benzene rings is 1. The van der Waals surface area contributed by atoms with Crippen LogP contribution in [0.25, 0.3) is 5.57 Å². The van der Waals surface area contributed by atoms with Crippen LogP contribution in [0.5, 0.6) is 0 Å². The molecule has 5 heteroatoms. The molecule has 0 bridgehead atoms. The quantitative estimate of drug-likeness (QED) is 0.720. The topological polar surface area (TPSA) is 70.0 Å². The Kier molecular flexibility index (Phi) is 5.45. The van der Waals surface area contributed by atoms with Gasteiger partial charge in [-0.25, -0.2) is 0 Å². The Morgan fingerprint density at radius 3 is 2.35 bits per heavy atom. The predicted molar refractivity (Wildman–Crippen MR) is 90.7 cm³/mol. The van der Waals surface area contributed by atoms with Gasteiger partial charge in [0.25, 0.3) is 0 Å². The molecule has 0 fully saturated rings. The Hall–Kier alpha value is -2.27. The number of ether oxygens (including phenoxy) is 1. The molecular formula is C18H23NO4. The van der Waals surface area contributed by atoms with Crippen LogP contribution in [-0.2, 0) is 9.53 Å². The van der Waals surface area contributed by atoms with E-state index >= 15 is 0 Å². The number of allylic oxidation sites excluding steroid dienone is 2. The van der Waals surface area contributed by atoms with Gasteiger partial charge < -0.3 is 19.8 Å². The molecule has 0 heterocycles. The highest BCUT2D eigenvalue weighted by atomic mass is 16.5. The zero-order valence-corrected chi connectivity index (χ0v) is 13.8. The number of anilines is 1. The van der Waals surface area contributed by atoms with Crippen molar-refractivity contribution in [2.75, 3.05) is 31.2 Å². The van der Waals surface area contributed by atoms with Gasteiger partial charge in [-0.3, -0.25) is 4.79 Å². The van der Waals surface area contributed by atoms with Crippen molar-refractivity contribution >= 4 is 17.0 Å². The maximum atomic E-state index is 10.9. The van der Waals surface area contributed by atoms with Crippen LogP contribution in [0.1, 0.15) is 26.3 Å². The molecule has 0 radical (unpaired) electrons. The number of nitrogens with zero attached hydrogens (tertiary/aromatic N) is 1. The minimum atomic E-state index is 0.0224. The van der Waals surface area contributed by atoms with Crippen molar-refractivity contribution in [1.29, 1.82) is 0 Å². The number of Topliss-reactive ketones (excluding diaryl/α,β-unsaturated/α-hetero) is 1. The largest absolute Gasteiger partial charge is 0.507 e. The van der Waals surface area contributed by atoms with Crippen LogP contribution in [0.3, 0.4) is 0 Å². The van der Waals surface area contributed by atoms with Crippen molar-refractivity contribution in [3.05, 3.63) is 46.9 Å². The average Bonchev–Trinajstić information content (AvgIpc) is 2.55. The summed E-state index contributed by atoms with van der Waals surface area (Å²) in [6.45, 7) is 7.40. The summed E-state index contributed by atoms with van der Waals surface area (Å²) in [5.41, 5.74) is 2.85. The molecule has 1 aliphatic rings. The third-order valence-electron chi connectivity index (χ3n) is 3.90. The molecule has 1 aromatic carbocycles. The minimum absolute atomic E-state index is 0.0224. The first-order valence-corrected chi connectivity index (χ1v) is 7.72. The van der Waals surface area contributed by atoms with Crippen LogP contribution in [-0.4, -0.2) is 42.3 Å². The Balaban J connectivity index is 1.99. The summed E-state index contributed by atoms with van der Waals surface area (Å²) in [5, 5.41) is 19.6. The molecule has 2 rings (SSSR count). The minimum Gasteiger partial charge on any atom is -0.507 e. The summed E-state index contributed by atoms with van der Waals surface area (Å²) in [7, 11) is 0. The number of hydrogen-bond donors (Lipinski definition) is 2. The van der Waals surface area contributed by atoms with Gasteiger partial charge in [0.15, 0.2) is 5.78 Å².